The Morgan fingerprint density at radius 1 is 1.29 bits per heavy atom. The Hall–Kier alpha value is -3.16. The number of hydrogen-bond acceptors (Lipinski definition) is 4. The summed E-state index contributed by atoms with van der Waals surface area (Å²) in [6.45, 7) is 4.93. The van der Waals surface area contributed by atoms with E-state index in [1.807, 2.05) is 30.0 Å². The van der Waals surface area contributed by atoms with Gasteiger partial charge in [-0.1, -0.05) is 12.1 Å². The Morgan fingerprint density at radius 2 is 2.14 bits per heavy atom. The number of nitrogens with one attached hydrogen (secondary N) is 3. The van der Waals surface area contributed by atoms with Crippen LogP contribution in [0.5, 0.6) is 0 Å². The molecule has 1 atom stereocenters. The van der Waals surface area contributed by atoms with Crippen LogP contribution in [0.15, 0.2) is 29.1 Å². The Morgan fingerprint density at radius 3 is 2.93 bits per heavy atom. The lowest BCUT2D eigenvalue weighted by Gasteiger charge is -2.23. The number of urea groups is 1. The van der Waals surface area contributed by atoms with Crippen LogP contribution in [-0.2, 0) is 6.42 Å². The van der Waals surface area contributed by atoms with Gasteiger partial charge in [-0.25, -0.2) is 14.8 Å². The van der Waals surface area contributed by atoms with E-state index in [2.05, 4.69) is 20.3 Å². The number of benzene rings is 1. The predicted molar refractivity (Wildman–Crippen MR) is 106 cm³/mol. The Kier molecular flexibility index (Phi) is 4.85. The van der Waals surface area contributed by atoms with Gasteiger partial charge in [-0.2, -0.15) is 0 Å². The lowest BCUT2D eigenvalue weighted by atomic mass is 10.2. The van der Waals surface area contributed by atoms with Crippen molar-refractivity contribution in [2.75, 3.05) is 13.1 Å². The molecular formula is C20H24N6O2. The molecule has 0 unspecified atom stereocenters. The van der Waals surface area contributed by atoms with Gasteiger partial charge in [-0.3, -0.25) is 4.79 Å². The van der Waals surface area contributed by atoms with E-state index in [9.17, 15) is 9.59 Å². The first-order valence-electron chi connectivity index (χ1n) is 9.58. The number of likely N-dealkylation sites (tertiary alicyclic amines) is 1. The molecule has 0 bridgehead atoms. The van der Waals surface area contributed by atoms with Gasteiger partial charge in [0.05, 0.1) is 17.1 Å². The molecule has 1 aromatic carbocycles. The Balaban J connectivity index is 1.43. The summed E-state index contributed by atoms with van der Waals surface area (Å²) in [5, 5.41) is 2.94. The molecule has 0 spiro atoms. The molecular weight excluding hydrogens is 356 g/mol. The van der Waals surface area contributed by atoms with Crippen molar-refractivity contribution in [3.8, 4) is 0 Å². The molecule has 1 saturated heterocycles. The van der Waals surface area contributed by atoms with Crippen LogP contribution in [0.4, 0.5) is 4.79 Å². The summed E-state index contributed by atoms with van der Waals surface area (Å²) in [7, 11) is 0. The number of aromatic amines is 2. The number of fused-ring (bicyclic) bond motifs is 1. The van der Waals surface area contributed by atoms with E-state index in [1.165, 1.54) is 6.07 Å². The summed E-state index contributed by atoms with van der Waals surface area (Å²) in [5.41, 5.74) is 3.57. The molecule has 8 nitrogen and oxygen atoms in total. The average molecular weight is 380 g/mol. The van der Waals surface area contributed by atoms with Crippen molar-refractivity contribution in [3.05, 3.63) is 57.5 Å². The summed E-state index contributed by atoms with van der Waals surface area (Å²) >= 11 is 0. The van der Waals surface area contributed by atoms with Gasteiger partial charge >= 0.3 is 6.03 Å². The number of carbonyl (C=O) groups is 1. The SMILES string of the molecule is Cc1cc(=O)[nH]c(CCNC(=O)N2CCC[C@@H]2c2nc3c(C)cccc3[nH]2)n1. The molecule has 3 N–H and O–H groups in total. The van der Waals surface area contributed by atoms with E-state index in [0.29, 0.717) is 31.0 Å². The third-order valence-corrected chi connectivity index (χ3v) is 5.12. The lowest BCUT2D eigenvalue weighted by molar-refractivity contribution is 0.191. The van der Waals surface area contributed by atoms with E-state index in [-0.39, 0.29) is 17.6 Å². The maximum atomic E-state index is 12.7. The third kappa shape index (κ3) is 3.62. The van der Waals surface area contributed by atoms with Gasteiger partial charge in [0.15, 0.2) is 0 Å². The number of H-pyrrole nitrogens is 2. The molecule has 0 aliphatic carbocycles. The highest BCUT2D eigenvalue weighted by molar-refractivity contribution is 5.79. The molecule has 3 heterocycles. The third-order valence-electron chi connectivity index (χ3n) is 5.12. The van der Waals surface area contributed by atoms with Crippen molar-refractivity contribution in [3.63, 3.8) is 0 Å². The molecule has 8 heteroatoms. The fraction of sp³-hybridized carbons (Fsp3) is 0.400. The summed E-state index contributed by atoms with van der Waals surface area (Å²) in [4.78, 5) is 41.2. The first kappa shape index (κ1) is 18.2. The second-order valence-corrected chi connectivity index (χ2v) is 7.26. The Labute approximate surface area is 162 Å². The maximum Gasteiger partial charge on any atom is 0.318 e. The number of nitrogens with zero attached hydrogens (tertiary/aromatic N) is 3. The highest BCUT2D eigenvalue weighted by atomic mass is 16.2. The number of imidazole rings is 1. The van der Waals surface area contributed by atoms with Crippen LogP contribution in [0.2, 0.25) is 0 Å². The van der Waals surface area contributed by atoms with E-state index >= 15 is 0 Å². The zero-order valence-electron chi connectivity index (χ0n) is 16.1. The van der Waals surface area contributed by atoms with E-state index < -0.39 is 0 Å². The number of rotatable bonds is 4. The highest BCUT2D eigenvalue weighted by Gasteiger charge is 2.32. The molecule has 146 valence electrons. The van der Waals surface area contributed by atoms with Gasteiger partial charge in [0.25, 0.3) is 5.56 Å². The van der Waals surface area contributed by atoms with Gasteiger partial charge in [0, 0.05) is 31.3 Å². The zero-order valence-corrected chi connectivity index (χ0v) is 16.1. The predicted octanol–water partition coefficient (Wildman–Crippen LogP) is 2.35. The minimum Gasteiger partial charge on any atom is -0.340 e. The van der Waals surface area contributed by atoms with Crippen molar-refractivity contribution >= 4 is 17.1 Å². The van der Waals surface area contributed by atoms with Crippen LogP contribution in [0, 0.1) is 13.8 Å². The van der Waals surface area contributed by atoms with Crippen LogP contribution < -0.4 is 10.9 Å². The molecule has 2 amide bonds. The van der Waals surface area contributed by atoms with Crippen molar-refractivity contribution in [1.82, 2.24) is 30.2 Å². The van der Waals surface area contributed by atoms with Gasteiger partial charge in [-0.15, -0.1) is 0 Å². The number of amides is 2. The van der Waals surface area contributed by atoms with Gasteiger partial charge in [-0.05, 0) is 38.3 Å². The maximum absolute atomic E-state index is 12.7. The largest absolute Gasteiger partial charge is 0.340 e. The Bertz CT molecular complexity index is 1070. The molecule has 1 aliphatic rings. The molecule has 0 saturated carbocycles. The quantitative estimate of drug-likeness (QED) is 0.646. The van der Waals surface area contributed by atoms with Crippen molar-refractivity contribution < 1.29 is 4.79 Å². The van der Waals surface area contributed by atoms with Crippen LogP contribution in [0.3, 0.4) is 0 Å². The van der Waals surface area contributed by atoms with Crippen molar-refractivity contribution in [2.24, 2.45) is 0 Å². The number of para-hydroxylation sites is 1. The molecule has 3 aromatic rings. The number of carbonyl (C=O) groups excluding carboxylic acids is 1. The first-order chi connectivity index (χ1) is 13.5. The smallest absolute Gasteiger partial charge is 0.318 e. The molecule has 2 aromatic heterocycles. The van der Waals surface area contributed by atoms with Gasteiger partial charge < -0.3 is 20.2 Å². The second kappa shape index (κ2) is 7.46. The van der Waals surface area contributed by atoms with Crippen molar-refractivity contribution in [1.29, 1.82) is 0 Å². The zero-order chi connectivity index (χ0) is 19.7. The minimum absolute atomic E-state index is 0.0521. The molecule has 4 rings (SSSR count). The average Bonchev–Trinajstić information content (AvgIpc) is 3.28. The first-order valence-corrected chi connectivity index (χ1v) is 9.58. The van der Waals surface area contributed by atoms with Crippen LogP contribution >= 0.6 is 0 Å². The monoisotopic (exact) mass is 380 g/mol. The standard InChI is InChI=1S/C20H24N6O2/c1-12-5-3-6-14-18(12)25-19(23-14)15-7-4-10-26(15)20(28)21-9-8-16-22-13(2)11-17(27)24-16/h3,5-6,11,15H,4,7-10H2,1-2H3,(H,21,28)(H,23,25)(H,22,24,27)/t15-/m1/s1. The number of aromatic nitrogens is 4. The fourth-order valence-corrected chi connectivity index (χ4v) is 3.80. The normalized spacial score (nSPS) is 16.6. The lowest BCUT2D eigenvalue weighted by Crippen LogP contribution is -2.40. The van der Waals surface area contributed by atoms with Crippen LogP contribution in [0.25, 0.3) is 11.0 Å². The number of aryl methyl sites for hydroxylation is 2. The highest BCUT2D eigenvalue weighted by Crippen LogP contribution is 2.31. The second-order valence-electron chi connectivity index (χ2n) is 7.26. The van der Waals surface area contributed by atoms with E-state index in [0.717, 1.165) is 35.3 Å². The number of hydrogen-bond donors (Lipinski definition) is 3. The van der Waals surface area contributed by atoms with E-state index in [4.69, 9.17) is 4.98 Å². The fourth-order valence-electron chi connectivity index (χ4n) is 3.80. The summed E-state index contributed by atoms with van der Waals surface area (Å²) in [6.07, 6.45) is 2.31. The van der Waals surface area contributed by atoms with Crippen LogP contribution in [0.1, 0.15) is 41.8 Å². The van der Waals surface area contributed by atoms with Crippen molar-refractivity contribution in [2.45, 2.75) is 39.2 Å². The van der Waals surface area contributed by atoms with E-state index in [1.54, 1.807) is 6.92 Å². The summed E-state index contributed by atoms with van der Waals surface area (Å²) in [5.74, 6) is 1.41. The van der Waals surface area contributed by atoms with Gasteiger partial charge in [0.2, 0.25) is 0 Å². The summed E-state index contributed by atoms with van der Waals surface area (Å²) in [6, 6.07) is 7.33. The molecule has 0 radical (unpaired) electrons. The summed E-state index contributed by atoms with van der Waals surface area (Å²) < 4.78 is 0. The molecule has 1 aliphatic heterocycles. The molecule has 1 fully saturated rings. The topological polar surface area (TPSA) is 107 Å². The minimum atomic E-state index is -0.173. The molecule has 28 heavy (non-hydrogen) atoms. The van der Waals surface area contributed by atoms with Gasteiger partial charge in [0.1, 0.15) is 11.6 Å². The van der Waals surface area contributed by atoms with Crippen LogP contribution in [-0.4, -0.2) is 44.0 Å².